The molecular weight excluding hydrogens is 302 g/mol. The van der Waals surface area contributed by atoms with Crippen molar-refractivity contribution in [2.45, 2.75) is 38.8 Å². The third-order valence-corrected chi connectivity index (χ3v) is 4.32. The summed E-state index contributed by atoms with van der Waals surface area (Å²) in [4.78, 5) is 16.4. The first-order valence-electron chi connectivity index (χ1n) is 7.17. The quantitative estimate of drug-likeness (QED) is 0.762. The van der Waals surface area contributed by atoms with Crippen LogP contribution in [0.1, 0.15) is 43.3 Å². The van der Waals surface area contributed by atoms with Crippen LogP contribution in [0.15, 0.2) is 28.2 Å². The van der Waals surface area contributed by atoms with Gasteiger partial charge in [-0.1, -0.05) is 6.92 Å². The van der Waals surface area contributed by atoms with Gasteiger partial charge >= 0.3 is 6.03 Å². The standard InChI is InChI=1S/C15H21N3O3S/c1-4-13-18-11(8-22-13)10(2)17-14(19)16-9-15(3,20)12-6-5-7-21-12/h5-8,10,20H,4,9H2,1-3H3,(H2,16,17,19). The second kappa shape index (κ2) is 6.93. The lowest BCUT2D eigenvalue weighted by Gasteiger charge is -2.22. The van der Waals surface area contributed by atoms with Crippen LogP contribution in [-0.4, -0.2) is 22.7 Å². The summed E-state index contributed by atoms with van der Waals surface area (Å²) < 4.78 is 5.17. The van der Waals surface area contributed by atoms with Crippen LogP contribution in [-0.2, 0) is 12.0 Å². The van der Waals surface area contributed by atoms with Crippen LogP contribution in [0.5, 0.6) is 0 Å². The second-order valence-electron chi connectivity index (χ2n) is 5.32. The molecule has 2 rings (SSSR count). The number of thiazole rings is 1. The first-order chi connectivity index (χ1) is 10.4. The maximum atomic E-state index is 11.9. The number of rotatable bonds is 6. The van der Waals surface area contributed by atoms with Crippen molar-refractivity contribution >= 4 is 17.4 Å². The molecule has 0 radical (unpaired) electrons. The van der Waals surface area contributed by atoms with Crippen molar-refractivity contribution in [3.8, 4) is 0 Å². The number of carbonyl (C=O) groups is 1. The predicted octanol–water partition coefficient (Wildman–Crippen LogP) is 2.57. The van der Waals surface area contributed by atoms with Crippen LogP contribution in [0.3, 0.4) is 0 Å². The molecule has 6 nitrogen and oxygen atoms in total. The van der Waals surface area contributed by atoms with E-state index in [0.29, 0.717) is 5.76 Å². The average Bonchev–Trinajstić information content (AvgIpc) is 3.16. The van der Waals surface area contributed by atoms with Gasteiger partial charge in [0, 0.05) is 5.38 Å². The number of urea groups is 1. The predicted molar refractivity (Wildman–Crippen MR) is 84.7 cm³/mol. The number of hydrogen-bond acceptors (Lipinski definition) is 5. The summed E-state index contributed by atoms with van der Waals surface area (Å²) in [5.41, 5.74) is -0.408. The molecule has 0 aromatic carbocycles. The van der Waals surface area contributed by atoms with Gasteiger partial charge in [-0.3, -0.25) is 0 Å². The molecule has 120 valence electrons. The molecule has 0 aliphatic carbocycles. The Kier molecular flexibility index (Phi) is 5.20. The van der Waals surface area contributed by atoms with E-state index in [-0.39, 0.29) is 18.6 Å². The maximum Gasteiger partial charge on any atom is 0.315 e. The van der Waals surface area contributed by atoms with Crippen molar-refractivity contribution in [3.05, 3.63) is 40.2 Å². The van der Waals surface area contributed by atoms with E-state index in [1.807, 2.05) is 19.2 Å². The highest BCUT2D eigenvalue weighted by Crippen LogP contribution is 2.20. The maximum absolute atomic E-state index is 11.9. The van der Waals surface area contributed by atoms with Gasteiger partial charge in [-0.05, 0) is 32.4 Å². The molecule has 0 spiro atoms. The van der Waals surface area contributed by atoms with E-state index in [4.69, 9.17) is 4.42 Å². The highest BCUT2D eigenvalue weighted by molar-refractivity contribution is 7.09. The molecule has 2 aromatic heterocycles. The number of furan rings is 1. The zero-order valence-electron chi connectivity index (χ0n) is 12.9. The van der Waals surface area contributed by atoms with E-state index in [1.165, 1.54) is 6.26 Å². The van der Waals surface area contributed by atoms with Gasteiger partial charge in [-0.2, -0.15) is 0 Å². The Morgan fingerprint density at radius 2 is 2.36 bits per heavy atom. The number of aryl methyl sites for hydroxylation is 1. The molecule has 0 aliphatic rings. The third-order valence-electron chi connectivity index (χ3n) is 3.31. The molecule has 2 heterocycles. The van der Waals surface area contributed by atoms with Gasteiger partial charge in [-0.25, -0.2) is 9.78 Å². The fourth-order valence-electron chi connectivity index (χ4n) is 1.93. The van der Waals surface area contributed by atoms with E-state index in [9.17, 15) is 9.90 Å². The number of aliphatic hydroxyl groups is 1. The lowest BCUT2D eigenvalue weighted by Crippen LogP contribution is -2.44. The lowest BCUT2D eigenvalue weighted by molar-refractivity contribution is 0.0366. The number of carbonyl (C=O) groups excluding carboxylic acids is 1. The molecule has 2 unspecified atom stereocenters. The van der Waals surface area contributed by atoms with Crippen molar-refractivity contribution in [2.75, 3.05) is 6.54 Å². The first-order valence-corrected chi connectivity index (χ1v) is 8.05. The number of aromatic nitrogens is 1. The van der Waals surface area contributed by atoms with Gasteiger partial charge < -0.3 is 20.2 Å². The van der Waals surface area contributed by atoms with Crippen LogP contribution < -0.4 is 10.6 Å². The Morgan fingerprint density at radius 3 is 2.95 bits per heavy atom. The Hall–Kier alpha value is -1.86. The van der Waals surface area contributed by atoms with Crippen LogP contribution >= 0.6 is 11.3 Å². The van der Waals surface area contributed by atoms with E-state index >= 15 is 0 Å². The van der Waals surface area contributed by atoms with Crippen molar-refractivity contribution in [2.24, 2.45) is 0 Å². The summed E-state index contributed by atoms with van der Waals surface area (Å²) in [5.74, 6) is 0.410. The highest BCUT2D eigenvalue weighted by Gasteiger charge is 2.27. The summed E-state index contributed by atoms with van der Waals surface area (Å²) >= 11 is 1.59. The normalized spacial score (nSPS) is 15.1. The molecule has 0 fully saturated rings. The van der Waals surface area contributed by atoms with Crippen molar-refractivity contribution in [1.82, 2.24) is 15.6 Å². The fraction of sp³-hybridized carbons (Fsp3) is 0.467. The molecule has 2 aromatic rings. The van der Waals surface area contributed by atoms with Gasteiger partial charge in [0.05, 0.1) is 29.6 Å². The third kappa shape index (κ3) is 4.08. The molecule has 7 heteroatoms. The minimum absolute atomic E-state index is 0.0519. The van der Waals surface area contributed by atoms with Crippen LogP contribution in [0.25, 0.3) is 0 Å². The minimum Gasteiger partial charge on any atom is -0.466 e. The zero-order valence-corrected chi connectivity index (χ0v) is 13.7. The molecule has 0 aliphatic heterocycles. The Balaban J connectivity index is 1.85. The lowest BCUT2D eigenvalue weighted by atomic mass is 10.0. The van der Waals surface area contributed by atoms with E-state index in [0.717, 1.165) is 17.1 Å². The molecule has 22 heavy (non-hydrogen) atoms. The van der Waals surface area contributed by atoms with Crippen molar-refractivity contribution in [1.29, 1.82) is 0 Å². The first kappa shape index (κ1) is 16.5. The number of amides is 2. The summed E-state index contributed by atoms with van der Waals surface area (Å²) in [6.07, 6.45) is 2.37. The highest BCUT2D eigenvalue weighted by atomic mass is 32.1. The van der Waals surface area contributed by atoms with E-state index < -0.39 is 5.60 Å². The van der Waals surface area contributed by atoms with E-state index in [2.05, 4.69) is 15.6 Å². The summed E-state index contributed by atoms with van der Waals surface area (Å²) in [7, 11) is 0. The number of nitrogens with zero attached hydrogens (tertiary/aromatic N) is 1. The average molecular weight is 323 g/mol. The monoisotopic (exact) mass is 323 g/mol. The van der Waals surface area contributed by atoms with Gasteiger partial charge in [0.2, 0.25) is 0 Å². The largest absolute Gasteiger partial charge is 0.466 e. The smallest absolute Gasteiger partial charge is 0.315 e. The molecule has 2 amide bonds. The fourth-order valence-corrected chi connectivity index (χ4v) is 2.77. The molecule has 2 atom stereocenters. The molecular formula is C15H21N3O3S. The second-order valence-corrected chi connectivity index (χ2v) is 6.26. The Bertz CT molecular complexity index is 607. The van der Waals surface area contributed by atoms with Crippen LogP contribution in [0, 0.1) is 0 Å². The van der Waals surface area contributed by atoms with Crippen molar-refractivity contribution in [3.63, 3.8) is 0 Å². The Morgan fingerprint density at radius 1 is 1.59 bits per heavy atom. The zero-order chi connectivity index (χ0) is 16.2. The van der Waals surface area contributed by atoms with Gasteiger partial charge in [0.25, 0.3) is 0 Å². The van der Waals surface area contributed by atoms with Crippen LogP contribution in [0.2, 0.25) is 0 Å². The van der Waals surface area contributed by atoms with Gasteiger partial charge in [-0.15, -0.1) is 11.3 Å². The minimum atomic E-state index is -1.25. The summed E-state index contributed by atoms with van der Waals surface area (Å²) in [6, 6.07) is 2.82. The number of nitrogens with one attached hydrogen (secondary N) is 2. The molecule has 0 bridgehead atoms. The molecule has 0 saturated carbocycles. The van der Waals surface area contributed by atoms with Gasteiger partial charge in [0.15, 0.2) is 0 Å². The van der Waals surface area contributed by atoms with E-state index in [1.54, 1.807) is 30.4 Å². The number of hydrogen-bond donors (Lipinski definition) is 3. The van der Waals surface area contributed by atoms with Crippen LogP contribution in [0.4, 0.5) is 4.79 Å². The molecule has 3 N–H and O–H groups in total. The summed E-state index contributed by atoms with van der Waals surface area (Å²) in [6.45, 7) is 5.56. The molecule has 0 saturated heterocycles. The van der Waals surface area contributed by atoms with Crippen molar-refractivity contribution < 1.29 is 14.3 Å². The summed E-state index contributed by atoms with van der Waals surface area (Å²) in [5, 5.41) is 18.7. The topological polar surface area (TPSA) is 87.4 Å². The SMILES string of the molecule is CCc1nc(C(C)NC(=O)NCC(C)(O)c2ccco2)cs1. The van der Waals surface area contributed by atoms with Gasteiger partial charge in [0.1, 0.15) is 11.4 Å². The Labute approximate surface area is 133 Å².